The number of rotatable bonds is 14. The van der Waals surface area contributed by atoms with Crippen LogP contribution in [-0.2, 0) is 27.8 Å². The molecule has 3 atom stereocenters. The monoisotopic (exact) mass is 610 g/mol. The minimum atomic E-state index is -4.34. The lowest BCUT2D eigenvalue weighted by atomic mass is 9.98. The smallest absolute Gasteiger partial charge is 0.382 e. The molecule has 1 aliphatic heterocycles. The molecule has 3 heterocycles. The second-order valence-corrected chi connectivity index (χ2v) is 11.1. The van der Waals surface area contributed by atoms with Gasteiger partial charge in [-0.1, -0.05) is 0 Å². The van der Waals surface area contributed by atoms with Crippen molar-refractivity contribution in [1.82, 2.24) is 25.3 Å². The summed E-state index contributed by atoms with van der Waals surface area (Å²) in [5, 5.41) is 5.24. The number of carbonyl (C=O) groups excluding carboxylic acids is 1. The number of methoxy groups -OCH3 is 1. The number of imidazole rings is 1. The average molecular weight is 611 g/mol. The van der Waals surface area contributed by atoms with Crippen LogP contribution in [0.2, 0.25) is 0 Å². The SMILES string of the molecule is CCNC(=O)Nc1nc2c(C3CCCO3)c(F)c(-c3cnc([C@H](COP(=O)(O)OC(C)C)OCCOC)nc3)cc2[nH]1. The van der Waals surface area contributed by atoms with Crippen LogP contribution in [0.25, 0.3) is 22.2 Å². The van der Waals surface area contributed by atoms with E-state index >= 15 is 4.39 Å². The topological polar surface area (TPSA) is 179 Å². The number of H-pyrrole nitrogens is 1. The summed E-state index contributed by atoms with van der Waals surface area (Å²) in [6.45, 7) is 5.94. The van der Waals surface area contributed by atoms with E-state index in [-0.39, 0.29) is 42.7 Å². The Bertz CT molecular complexity index is 1400. The van der Waals surface area contributed by atoms with Crippen molar-refractivity contribution in [2.75, 3.05) is 45.4 Å². The Hall–Kier alpha value is -3.04. The summed E-state index contributed by atoms with van der Waals surface area (Å²) in [6, 6.07) is 1.12. The standard InChI is InChI=1S/C26H36FN6O8P/c1-5-28-26(34)33-25-31-18-11-17(22(27)21(23(18)32-25)19-7-6-8-38-19)16-12-29-24(30-13-16)20(39-10-9-37-4)14-40-42(35,36)41-15(2)3/h11-13,15,19-20H,5-10,14H2,1-4H3,(H,35,36)(H3,28,31,32,33,34)/t19?,20-/m0/s1. The number of hydrogen-bond donors (Lipinski definition) is 4. The van der Waals surface area contributed by atoms with Gasteiger partial charge in [-0.25, -0.2) is 28.7 Å². The Balaban J connectivity index is 1.65. The average Bonchev–Trinajstić information content (AvgIpc) is 3.60. The molecule has 2 unspecified atom stereocenters. The van der Waals surface area contributed by atoms with Gasteiger partial charge in [0.15, 0.2) is 5.82 Å². The van der Waals surface area contributed by atoms with Crippen LogP contribution in [0.5, 0.6) is 0 Å². The van der Waals surface area contributed by atoms with E-state index in [9.17, 15) is 14.3 Å². The van der Waals surface area contributed by atoms with Crippen molar-refractivity contribution >= 4 is 30.8 Å². The third-order valence-corrected chi connectivity index (χ3v) is 7.34. The number of urea groups is 1. The van der Waals surface area contributed by atoms with Crippen LogP contribution in [0.1, 0.15) is 57.2 Å². The summed E-state index contributed by atoms with van der Waals surface area (Å²) in [5.74, 6) is -0.225. The molecule has 0 spiro atoms. The van der Waals surface area contributed by atoms with Gasteiger partial charge in [0.25, 0.3) is 0 Å². The van der Waals surface area contributed by atoms with E-state index in [0.29, 0.717) is 36.2 Å². The lowest BCUT2D eigenvalue weighted by Crippen LogP contribution is -2.28. The van der Waals surface area contributed by atoms with Gasteiger partial charge in [0.05, 0.1) is 43.1 Å². The van der Waals surface area contributed by atoms with Gasteiger partial charge in [0, 0.05) is 49.3 Å². The van der Waals surface area contributed by atoms with E-state index in [4.69, 9.17) is 23.3 Å². The summed E-state index contributed by atoms with van der Waals surface area (Å²) < 4.78 is 54.9. The first kappa shape index (κ1) is 31.9. The van der Waals surface area contributed by atoms with Crippen LogP contribution >= 0.6 is 7.82 Å². The number of anilines is 1. The number of fused-ring (bicyclic) bond motifs is 1. The maximum atomic E-state index is 16.1. The molecular weight excluding hydrogens is 574 g/mol. The first-order valence-electron chi connectivity index (χ1n) is 13.6. The Morgan fingerprint density at radius 1 is 1.31 bits per heavy atom. The molecule has 16 heteroatoms. The Morgan fingerprint density at radius 3 is 2.71 bits per heavy atom. The fraction of sp³-hybridized carbons (Fsp3) is 0.538. The van der Waals surface area contributed by atoms with Crippen molar-refractivity contribution in [3.8, 4) is 11.1 Å². The van der Waals surface area contributed by atoms with E-state index in [2.05, 4.69) is 30.6 Å². The molecule has 14 nitrogen and oxygen atoms in total. The number of amides is 2. The minimum Gasteiger partial charge on any atom is -0.382 e. The molecule has 0 bridgehead atoms. The van der Waals surface area contributed by atoms with Crippen LogP contribution < -0.4 is 10.6 Å². The molecule has 0 aliphatic carbocycles. The molecular formula is C26H36FN6O8P. The molecule has 3 aromatic rings. The second-order valence-electron chi connectivity index (χ2n) is 9.72. The third-order valence-electron chi connectivity index (χ3n) is 6.18. The van der Waals surface area contributed by atoms with Gasteiger partial charge in [-0.2, -0.15) is 0 Å². The number of ether oxygens (including phenoxy) is 3. The van der Waals surface area contributed by atoms with Crippen LogP contribution in [-0.4, -0.2) is 77.0 Å². The van der Waals surface area contributed by atoms with Crippen molar-refractivity contribution in [3.63, 3.8) is 0 Å². The first-order valence-corrected chi connectivity index (χ1v) is 15.1. The largest absolute Gasteiger partial charge is 0.472 e. The van der Waals surface area contributed by atoms with E-state index < -0.39 is 38.0 Å². The maximum Gasteiger partial charge on any atom is 0.472 e. The normalized spacial score (nSPS) is 17.5. The summed E-state index contributed by atoms with van der Waals surface area (Å²) >= 11 is 0. The molecule has 1 saturated heterocycles. The molecule has 1 aromatic carbocycles. The minimum absolute atomic E-state index is 0.138. The number of benzene rings is 1. The predicted octanol–water partition coefficient (Wildman–Crippen LogP) is 4.40. The predicted molar refractivity (Wildman–Crippen MR) is 150 cm³/mol. The van der Waals surface area contributed by atoms with Crippen molar-refractivity contribution in [1.29, 1.82) is 0 Å². The second kappa shape index (κ2) is 14.4. The highest BCUT2D eigenvalue weighted by atomic mass is 31.2. The van der Waals surface area contributed by atoms with Gasteiger partial charge in [0.1, 0.15) is 11.9 Å². The van der Waals surface area contributed by atoms with Gasteiger partial charge >= 0.3 is 13.9 Å². The van der Waals surface area contributed by atoms with Gasteiger partial charge in [-0.05, 0) is 39.7 Å². The molecule has 4 N–H and O–H groups in total. The quantitative estimate of drug-likeness (QED) is 0.150. The number of hydrogen-bond acceptors (Lipinski definition) is 10. The van der Waals surface area contributed by atoms with Crippen LogP contribution in [0, 0.1) is 5.82 Å². The highest BCUT2D eigenvalue weighted by molar-refractivity contribution is 7.47. The molecule has 230 valence electrons. The molecule has 1 fully saturated rings. The summed E-state index contributed by atoms with van der Waals surface area (Å²) in [4.78, 5) is 38.2. The summed E-state index contributed by atoms with van der Waals surface area (Å²) in [6.07, 6.45) is 2.26. The zero-order chi connectivity index (χ0) is 30.3. The molecule has 42 heavy (non-hydrogen) atoms. The Kier molecular flexibility index (Phi) is 11.0. The van der Waals surface area contributed by atoms with Gasteiger partial charge in [0.2, 0.25) is 5.95 Å². The maximum absolute atomic E-state index is 16.1. The zero-order valence-corrected chi connectivity index (χ0v) is 24.8. The summed E-state index contributed by atoms with van der Waals surface area (Å²) in [7, 11) is -2.84. The van der Waals surface area contributed by atoms with E-state index in [1.165, 1.54) is 19.5 Å². The van der Waals surface area contributed by atoms with Gasteiger partial charge in [-0.3, -0.25) is 14.4 Å². The van der Waals surface area contributed by atoms with E-state index in [1.54, 1.807) is 26.8 Å². The Morgan fingerprint density at radius 2 is 2.07 bits per heavy atom. The number of halogens is 1. The van der Waals surface area contributed by atoms with Crippen molar-refractivity contribution in [3.05, 3.63) is 35.7 Å². The number of phosphoric ester groups is 1. The highest BCUT2D eigenvalue weighted by Gasteiger charge is 2.29. The Labute approximate surface area is 242 Å². The van der Waals surface area contributed by atoms with Crippen molar-refractivity contribution in [2.24, 2.45) is 0 Å². The fourth-order valence-electron chi connectivity index (χ4n) is 4.41. The molecule has 1 aliphatic rings. The molecule has 0 radical (unpaired) electrons. The number of aromatic amines is 1. The van der Waals surface area contributed by atoms with Gasteiger partial charge < -0.3 is 29.4 Å². The highest BCUT2D eigenvalue weighted by Crippen LogP contribution is 2.45. The summed E-state index contributed by atoms with van der Waals surface area (Å²) in [5.41, 5.74) is 1.69. The molecule has 4 rings (SSSR count). The van der Waals surface area contributed by atoms with Crippen LogP contribution in [0.4, 0.5) is 15.1 Å². The van der Waals surface area contributed by atoms with Crippen LogP contribution in [0.3, 0.4) is 0 Å². The van der Waals surface area contributed by atoms with Crippen LogP contribution in [0.15, 0.2) is 18.5 Å². The fourth-order valence-corrected chi connectivity index (χ4v) is 5.32. The van der Waals surface area contributed by atoms with Crippen molar-refractivity contribution < 1.29 is 41.9 Å². The molecule has 0 saturated carbocycles. The number of nitrogens with one attached hydrogen (secondary N) is 3. The molecule has 2 aromatic heterocycles. The lowest BCUT2D eigenvalue weighted by Gasteiger charge is -2.20. The number of nitrogens with zero attached hydrogens (tertiary/aromatic N) is 3. The zero-order valence-electron chi connectivity index (χ0n) is 23.9. The van der Waals surface area contributed by atoms with E-state index in [1.807, 2.05) is 0 Å². The number of carbonyl (C=O) groups is 1. The number of aromatic nitrogens is 4. The van der Waals surface area contributed by atoms with E-state index in [0.717, 1.165) is 6.42 Å². The number of phosphoric acid groups is 1. The van der Waals surface area contributed by atoms with Gasteiger partial charge in [-0.15, -0.1) is 0 Å². The third kappa shape index (κ3) is 8.07. The van der Waals surface area contributed by atoms with Crippen molar-refractivity contribution in [2.45, 2.75) is 51.9 Å². The molecule has 2 amide bonds. The first-order chi connectivity index (χ1) is 20.1. The lowest BCUT2D eigenvalue weighted by molar-refractivity contribution is -0.0198.